The van der Waals surface area contributed by atoms with Gasteiger partial charge in [-0.05, 0) is 86.7 Å². The molecule has 0 bridgehead atoms. The monoisotopic (exact) mass is 506 g/mol. The Morgan fingerprint density at radius 3 is 2.43 bits per heavy atom. The van der Waals surface area contributed by atoms with Crippen molar-refractivity contribution in [2.75, 3.05) is 18.9 Å². The third-order valence-corrected chi connectivity index (χ3v) is 7.33. The van der Waals surface area contributed by atoms with Gasteiger partial charge in [-0.2, -0.15) is 0 Å². The maximum absolute atomic E-state index is 13.7. The van der Waals surface area contributed by atoms with Crippen molar-refractivity contribution in [2.24, 2.45) is 5.92 Å². The van der Waals surface area contributed by atoms with Crippen molar-refractivity contribution in [3.05, 3.63) is 76.8 Å². The Kier molecular flexibility index (Phi) is 8.31. The van der Waals surface area contributed by atoms with Crippen LogP contribution in [-0.2, 0) is 4.79 Å². The van der Waals surface area contributed by atoms with Gasteiger partial charge in [0.25, 0.3) is 5.91 Å². The van der Waals surface area contributed by atoms with Gasteiger partial charge in [0.15, 0.2) is 0 Å². The van der Waals surface area contributed by atoms with E-state index < -0.39 is 5.97 Å². The fraction of sp³-hybridized carbons (Fsp3) is 0.400. The summed E-state index contributed by atoms with van der Waals surface area (Å²) in [7, 11) is 1.61. The first-order chi connectivity index (χ1) is 17.7. The molecule has 0 spiro atoms. The molecule has 1 aliphatic rings. The number of aryl methyl sites for hydroxylation is 2. The van der Waals surface area contributed by atoms with Gasteiger partial charge < -0.3 is 19.7 Å². The third-order valence-electron chi connectivity index (χ3n) is 7.33. The molecule has 0 aliphatic heterocycles. The van der Waals surface area contributed by atoms with Gasteiger partial charge in [0.1, 0.15) is 17.3 Å². The number of carbonyl (C=O) groups is 2. The van der Waals surface area contributed by atoms with E-state index in [9.17, 15) is 14.0 Å². The van der Waals surface area contributed by atoms with Gasteiger partial charge in [-0.25, -0.2) is 4.39 Å². The first kappa shape index (κ1) is 26.5. The molecule has 1 atom stereocenters. The topological polar surface area (TPSA) is 82.8 Å². The molecule has 1 amide bonds. The number of carbonyl (C=O) groups excluding carboxylic acids is 1. The number of rotatable bonds is 9. The lowest BCUT2D eigenvalue weighted by molar-refractivity contribution is -0.137. The zero-order chi connectivity index (χ0) is 26.5. The minimum atomic E-state index is -0.930. The quantitative estimate of drug-likeness (QED) is 0.327. The van der Waals surface area contributed by atoms with Crippen molar-refractivity contribution in [3.63, 3.8) is 0 Å². The van der Waals surface area contributed by atoms with Crippen LogP contribution in [0.3, 0.4) is 0 Å². The average molecular weight is 507 g/mol. The van der Waals surface area contributed by atoms with Crippen LogP contribution in [0.5, 0.6) is 0 Å². The number of furan rings is 1. The molecule has 2 aromatic carbocycles. The van der Waals surface area contributed by atoms with Crippen LogP contribution in [0.15, 0.2) is 52.9 Å². The van der Waals surface area contributed by atoms with Crippen LogP contribution in [0.2, 0.25) is 0 Å². The normalized spacial score (nSPS) is 14.8. The molecule has 0 radical (unpaired) electrons. The number of halogens is 1. The second kappa shape index (κ2) is 11.6. The molecule has 0 saturated heterocycles. The van der Waals surface area contributed by atoms with Gasteiger partial charge in [-0.1, -0.05) is 19.3 Å². The SMILES string of the molecule is Cc1cc(F)ccc1-c1cc(C(Nc2ccc(C(=O)N(C)CCC(=O)O)cc2)C2CCCCC2)c(C)o1. The number of nitrogens with zero attached hydrogens (tertiary/aromatic N) is 1. The Bertz CT molecular complexity index is 1240. The van der Waals surface area contributed by atoms with Crippen LogP contribution in [0.1, 0.15) is 71.8 Å². The second-order valence-electron chi connectivity index (χ2n) is 10.0. The fourth-order valence-electron chi connectivity index (χ4n) is 5.23. The van der Waals surface area contributed by atoms with Crippen molar-refractivity contribution >= 4 is 17.6 Å². The van der Waals surface area contributed by atoms with E-state index in [0.717, 1.165) is 46.7 Å². The van der Waals surface area contributed by atoms with E-state index >= 15 is 0 Å². The zero-order valence-electron chi connectivity index (χ0n) is 21.7. The third kappa shape index (κ3) is 6.40. The number of benzene rings is 2. The van der Waals surface area contributed by atoms with Crippen LogP contribution in [0.25, 0.3) is 11.3 Å². The molecule has 1 heterocycles. The molecule has 1 unspecified atom stereocenters. The van der Waals surface area contributed by atoms with Crippen molar-refractivity contribution in [1.82, 2.24) is 4.90 Å². The number of anilines is 1. The molecule has 1 aliphatic carbocycles. The minimum absolute atomic E-state index is 0.0401. The van der Waals surface area contributed by atoms with Crippen LogP contribution in [-0.4, -0.2) is 35.5 Å². The van der Waals surface area contributed by atoms with Crippen LogP contribution < -0.4 is 5.32 Å². The summed E-state index contributed by atoms with van der Waals surface area (Å²) in [4.78, 5) is 24.9. The summed E-state index contributed by atoms with van der Waals surface area (Å²) in [5.74, 6) is 0.616. The first-order valence-corrected chi connectivity index (χ1v) is 12.9. The Balaban J connectivity index is 1.57. The van der Waals surface area contributed by atoms with Gasteiger partial charge in [-0.3, -0.25) is 9.59 Å². The molecule has 3 aromatic rings. The summed E-state index contributed by atoms with van der Waals surface area (Å²) >= 11 is 0. The molecule has 37 heavy (non-hydrogen) atoms. The molecule has 2 N–H and O–H groups in total. The molecule has 1 saturated carbocycles. The van der Waals surface area contributed by atoms with E-state index in [0.29, 0.717) is 11.5 Å². The number of nitrogens with one attached hydrogen (secondary N) is 1. The lowest BCUT2D eigenvalue weighted by Gasteiger charge is -2.31. The molecule has 196 valence electrons. The Morgan fingerprint density at radius 2 is 1.78 bits per heavy atom. The summed E-state index contributed by atoms with van der Waals surface area (Å²) in [6, 6.07) is 14.2. The fourth-order valence-corrected chi connectivity index (χ4v) is 5.23. The maximum Gasteiger partial charge on any atom is 0.305 e. The van der Waals surface area contributed by atoms with Crippen molar-refractivity contribution in [3.8, 4) is 11.3 Å². The highest BCUT2D eigenvalue weighted by molar-refractivity contribution is 5.94. The number of hydrogen-bond acceptors (Lipinski definition) is 4. The molecule has 1 aromatic heterocycles. The number of aliphatic carboxylic acids is 1. The minimum Gasteiger partial charge on any atom is -0.481 e. The van der Waals surface area contributed by atoms with E-state index in [1.807, 2.05) is 26.0 Å². The smallest absolute Gasteiger partial charge is 0.305 e. The van der Waals surface area contributed by atoms with Gasteiger partial charge in [-0.15, -0.1) is 0 Å². The highest BCUT2D eigenvalue weighted by atomic mass is 19.1. The van der Waals surface area contributed by atoms with Gasteiger partial charge in [0.05, 0.1) is 12.5 Å². The summed E-state index contributed by atoms with van der Waals surface area (Å²) < 4.78 is 19.9. The number of hydrogen-bond donors (Lipinski definition) is 2. The molecular weight excluding hydrogens is 471 g/mol. The van der Waals surface area contributed by atoms with E-state index in [-0.39, 0.29) is 30.7 Å². The maximum atomic E-state index is 13.7. The van der Waals surface area contributed by atoms with E-state index in [4.69, 9.17) is 9.52 Å². The van der Waals surface area contributed by atoms with Crippen LogP contribution in [0, 0.1) is 25.6 Å². The standard InChI is InChI=1S/C30H35FN2O4/c1-19-17-23(31)11-14-25(19)27-18-26(20(2)37-27)29(21-7-5-4-6-8-21)32-24-12-9-22(10-13-24)30(36)33(3)16-15-28(34)35/h9-14,17-18,21,29,32H,4-8,15-16H2,1-3H3,(H,34,35). The summed E-state index contributed by atoms with van der Waals surface area (Å²) in [6.07, 6.45) is 5.80. The van der Waals surface area contributed by atoms with Gasteiger partial charge >= 0.3 is 5.97 Å². The van der Waals surface area contributed by atoms with Crippen molar-refractivity contribution in [2.45, 2.75) is 58.4 Å². The summed E-state index contributed by atoms with van der Waals surface area (Å²) in [5.41, 5.74) is 4.23. The lowest BCUT2D eigenvalue weighted by Crippen LogP contribution is -2.29. The highest BCUT2D eigenvalue weighted by Crippen LogP contribution is 2.40. The summed E-state index contributed by atoms with van der Waals surface area (Å²) in [5, 5.41) is 12.6. The van der Waals surface area contributed by atoms with Crippen molar-refractivity contribution in [1.29, 1.82) is 0 Å². The molecular formula is C30H35FN2O4. The first-order valence-electron chi connectivity index (χ1n) is 12.9. The average Bonchev–Trinajstić information content (AvgIpc) is 3.27. The predicted octanol–water partition coefficient (Wildman–Crippen LogP) is 6.98. The second-order valence-corrected chi connectivity index (χ2v) is 10.0. The largest absolute Gasteiger partial charge is 0.481 e. The molecule has 4 rings (SSSR count). The van der Waals surface area contributed by atoms with Gasteiger partial charge in [0.2, 0.25) is 0 Å². The van der Waals surface area contributed by atoms with Crippen LogP contribution in [0.4, 0.5) is 10.1 Å². The molecule has 7 heteroatoms. The van der Waals surface area contributed by atoms with E-state index in [1.165, 1.54) is 36.3 Å². The van der Waals surface area contributed by atoms with Crippen molar-refractivity contribution < 1.29 is 23.5 Å². The zero-order valence-corrected chi connectivity index (χ0v) is 21.7. The number of carboxylic acid groups (broad SMARTS) is 1. The van der Waals surface area contributed by atoms with E-state index in [1.54, 1.807) is 25.2 Å². The van der Waals surface area contributed by atoms with Gasteiger partial charge in [0, 0.05) is 36.0 Å². The van der Waals surface area contributed by atoms with Crippen LogP contribution >= 0.6 is 0 Å². The predicted molar refractivity (Wildman–Crippen MR) is 142 cm³/mol. The summed E-state index contributed by atoms with van der Waals surface area (Å²) in [6.45, 7) is 4.02. The number of carboxylic acids is 1. The Labute approximate surface area is 217 Å². The van der Waals surface area contributed by atoms with E-state index in [2.05, 4.69) is 11.4 Å². The highest BCUT2D eigenvalue weighted by Gasteiger charge is 2.29. The lowest BCUT2D eigenvalue weighted by atomic mass is 9.81. The molecule has 6 nitrogen and oxygen atoms in total. The Morgan fingerprint density at radius 1 is 1.08 bits per heavy atom. The molecule has 1 fully saturated rings. The number of amides is 1. The Hall–Kier alpha value is -3.61.